The molecule has 1 amide bonds. The zero-order valence-electron chi connectivity index (χ0n) is 16.7. The maximum absolute atomic E-state index is 12.1. The van der Waals surface area contributed by atoms with Gasteiger partial charge in [-0.25, -0.2) is 0 Å². The molecule has 0 spiro atoms. The summed E-state index contributed by atoms with van der Waals surface area (Å²) in [5.41, 5.74) is 4.34. The van der Waals surface area contributed by atoms with E-state index in [9.17, 15) is 4.79 Å². The summed E-state index contributed by atoms with van der Waals surface area (Å²) in [4.78, 5) is 12.1. The molecule has 4 nitrogen and oxygen atoms in total. The number of amides is 1. The second-order valence-corrected chi connectivity index (χ2v) is 6.27. The zero-order chi connectivity index (χ0) is 19.9. The first-order valence-electron chi connectivity index (χ1n) is 9.47. The molecule has 1 aromatic rings. The van der Waals surface area contributed by atoms with Gasteiger partial charge < -0.3 is 16.0 Å². The van der Waals surface area contributed by atoms with E-state index in [1.807, 2.05) is 62.7 Å². The quantitative estimate of drug-likeness (QED) is 0.351. The molecule has 0 atom stereocenters. The summed E-state index contributed by atoms with van der Waals surface area (Å²) in [6, 6.07) is 8.06. The number of nitrogens with one attached hydrogen (secondary N) is 3. The fourth-order valence-corrected chi connectivity index (χ4v) is 2.67. The van der Waals surface area contributed by atoms with Crippen LogP contribution in [0.25, 0.3) is 5.57 Å². The number of carbonyl (C=O) groups is 1. The number of benzene rings is 1. The summed E-state index contributed by atoms with van der Waals surface area (Å²) < 4.78 is 0. The number of allylic oxidation sites excluding steroid dienone is 3. The van der Waals surface area contributed by atoms with Gasteiger partial charge in [0.25, 0.3) is 0 Å². The van der Waals surface area contributed by atoms with E-state index in [-0.39, 0.29) is 5.91 Å². The van der Waals surface area contributed by atoms with E-state index < -0.39 is 0 Å². The van der Waals surface area contributed by atoms with Gasteiger partial charge in [0.15, 0.2) is 0 Å². The van der Waals surface area contributed by atoms with Gasteiger partial charge >= 0.3 is 0 Å². The summed E-state index contributed by atoms with van der Waals surface area (Å²) >= 11 is 0. The van der Waals surface area contributed by atoms with Crippen LogP contribution in [0.1, 0.15) is 38.2 Å². The number of hydrogen-bond acceptors (Lipinski definition) is 3. The van der Waals surface area contributed by atoms with Crippen molar-refractivity contribution in [1.29, 1.82) is 0 Å². The van der Waals surface area contributed by atoms with Crippen molar-refractivity contribution in [3.05, 3.63) is 73.0 Å². The van der Waals surface area contributed by atoms with Gasteiger partial charge in [-0.3, -0.25) is 4.79 Å². The van der Waals surface area contributed by atoms with Crippen LogP contribution in [0, 0.1) is 0 Å². The third-order valence-corrected chi connectivity index (χ3v) is 4.18. The van der Waals surface area contributed by atoms with Crippen LogP contribution in [-0.2, 0) is 4.79 Å². The van der Waals surface area contributed by atoms with Gasteiger partial charge in [-0.15, -0.1) is 6.58 Å². The molecule has 1 rings (SSSR count). The highest BCUT2D eigenvalue weighted by Crippen LogP contribution is 2.24. The first-order chi connectivity index (χ1) is 13.1. The van der Waals surface area contributed by atoms with E-state index in [1.165, 1.54) is 5.57 Å². The zero-order valence-corrected chi connectivity index (χ0v) is 16.7. The van der Waals surface area contributed by atoms with Crippen molar-refractivity contribution in [2.75, 3.05) is 25.5 Å². The Hall–Kier alpha value is -2.75. The molecule has 0 radical (unpaired) electrons. The minimum absolute atomic E-state index is 0.0631. The summed E-state index contributed by atoms with van der Waals surface area (Å²) in [5.74, 6) is 0.0631. The smallest absolute Gasteiger partial charge is 0.220 e. The van der Waals surface area contributed by atoms with Crippen molar-refractivity contribution < 1.29 is 4.79 Å². The Morgan fingerprint density at radius 1 is 1.19 bits per heavy atom. The average Bonchev–Trinajstić information content (AvgIpc) is 2.69. The Labute approximate surface area is 164 Å². The van der Waals surface area contributed by atoms with Crippen molar-refractivity contribution in [2.45, 2.75) is 32.6 Å². The highest BCUT2D eigenvalue weighted by molar-refractivity contribution is 5.77. The molecule has 0 saturated carbocycles. The number of rotatable bonds is 13. The maximum Gasteiger partial charge on any atom is 0.220 e. The first kappa shape index (κ1) is 22.3. The topological polar surface area (TPSA) is 53.2 Å². The molecule has 0 saturated heterocycles. The van der Waals surface area contributed by atoms with E-state index >= 15 is 0 Å². The second-order valence-electron chi connectivity index (χ2n) is 6.27. The molecule has 27 heavy (non-hydrogen) atoms. The molecule has 1 aromatic carbocycles. The third kappa shape index (κ3) is 8.95. The predicted octanol–water partition coefficient (Wildman–Crippen LogP) is 4.65. The molecule has 4 heteroatoms. The molecule has 0 aliphatic heterocycles. The minimum Gasteiger partial charge on any atom is -0.388 e. The molecule has 0 fully saturated rings. The van der Waals surface area contributed by atoms with Crippen LogP contribution in [0.5, 0.6) is 0 Å². The van der Waals surface area contributed by atoms with Gasteiger partial charge in [-0.2, -0.15) is 0 Å². The van der Waals surface area contributed by atoms with E-state index in [2.05, 4.69) is 29.1 Å². The van der Waals surface area contributed by atoms with Gasteiger partial charge in [0, 0.05) is 37.8 Å². The minimum atomic E-state index is 0.0631. The second kappa shape index (κ2) is 13.5. The molecule has 0 aliphatic rings. The van der Waals surface area contributed by atoms with E-state index in [0.717, 1.165) is 42.6 Å². The monoisotopic (exact) mass is 367 g/mol. The number of para-hydroxylation sites is 1. The van der Waals surface area contributed by atoms with Crippen LogP contribution in [0.2, 0.25) is 0 Å². The summed E-state index contributed by atoms with van der Waals surface area (Å²) in [5, 5.41) is 9.40. The van der Waals surface area contributed by atoms with Crippen LogP contribution in [-0.4, -0.2) is 26.0 Å². The molecular weight excluding hydrogens is 334 g/mol. The van der Waals surface area contributed by atoms with Crippen molar-refractivity contribution in [2.24, 2.45) is 0 Å². The Bertz CT molecular complexity index is 674. The van der Waals surface area contributed by atoms with Crippen molar-refractivity contribution >= 4 is 17.2 Å². The van der Waals surface area contributed by atoms with Gasteiger partial charge in [0.05, 0.1) is 0 Å². The molecule has 0 unspecified atom stereocenters. The normalized spacial score (nSPS) is 11.3. The Kier molecular flexibility index (Phi) is 11.1. The number of carbonyl (C=O) groups excluding carboxylic acids is 1. The number of anilines is 1. The summed E-state index contributed by atoms with van der Waals surface area (Å²) in [6.45, 7) is 11.3. The summed E-state index contributed by atoms with van der Waals surface area (Å²) in [6.07, 6.45) is 10.6. The SMILES string of the molecule is C=CC/C(=C\NC/C=C\C)CCC(=O)NCCC(=C)c1ccccc1NC. The average molecular weight is 368 g/mol. The summed E-state index contributed by atoms with van der Waals surface area (Å²) in [7, 11) is 1.90. The van der Waals surface area contributed by atoms with E-state index in [1.54, 1.807) is 0 Å². The van der Waals surface area contributed by atoms with Crippen molar-refractivity contribution in [3.63, 3.8) is 0 Å². The molecule has 0 bridgehead atoms. The Morgan fingerprint density at radius 3 is 2.67 bits per heavy atom. The van der Waals surface area contributed by atoms with Crippen molar-refractivity contribution in [3.8, 4) is 0 Å². The lowest BCUT2D eigenvalue weighted by atomic mass is 10.0. The highest BCUT2D eigenvalue weighted by atomic mass is 16.1. The molecular formula is C23H33N3O. The van der Waals surface area contributed by atoms with Gasteiger partial charge in [0.2, 0.25) is 5.91 Å². The fourth-order valence-electron chi connectivity index (χ4n) is 2.67. The standard InChI is InChI=1S/C23H33N3O/c1-5-7-16-25-18-20(10-6-2)13-14-23(27)26-17-15-19(3)21-11-8-9-12-22(21)24-4/h5-9,11-12,18,24-25H,2-3,10,13-17H2,1,4H3,(H,26,27)/b7-5-,20-18+. The Morgan fingerprint density at radius 2 is 1.96 bits per heavy atom. The lowest BCUT2D eigenvalue weighted by Gasteiger charge is -2.12. The molecule has 0 aromatic heterocycles. The van der Waals surface area contributed by atoms with E-state index in [0.29, 0.717) is 13.0 Å². The lowest BCUT2D eigenvalue weighted by molar-refractivity contribution is -0.121. The molecule has 3 N–H and O–H groups in total. The van der Waals surface area contributed by atoms with Crippen LogP contribution in [0.15, 0.2) is 67.4 Å². The van der Waals surface area contributed by atoms with Crippen LogP contribution >= 0.6 is 0 Å². The fraction of sp³-hybridized carbons (Fsp3) is 0.348. The van der Waals surface area contributed by atoms with Crippen LogP contribution < -0.4 is 16.0 Å². The largest absolute Gasteiger partial charge is 0.388 e. The van der Waals surface area contributed by atoms with Gasteiger partial charge in [-0.1, -0.05) is 48.6 Å². The predicted molar refractivity (Wildman–Crippen MR) is 118 cm³/mol. The maximum atomic E-state index is 12.1. The highest BCUT2D eigenvalue weighted by Gasteiger charge is 2.06. The molecule has 0 heterocycles. The first-order valence-corrected chi connectivity index (χ1v) is 9.47. The van der Waals surface area contributed by atoms with Crippen molar-refractivity contribution in [1.82, 2.24) is 10.6 Å². The lowest BCUT2D eigenvalue weighted by Crippen LogP contribution is -2.24. The van der Waals surface area contributed by atoms with Crippen LogP contribution in [0.3, 0.4) is 0 Å². The van der Waals surface area contributed by atoms with E-state index in [4.69, 9.17) is 0 Å². The third-order valence-electron chi connectivity index (χ3n) is 4.18. The molecule has 0 aliphatic carbocycles. The van der Waals surface area contributed by atoms with Gasteiger partial charge in [0.1, 0.15) is 0 Å². The number of hydrogen-bond donors (Lipinski definition) is 3. The van der Waals surface area contributed by atoms with Crippen LogP contribution in [0.4, 0.5) is 5.69 Å². The Balaban J connectivity index is 2.39. The molecule has 146 valence electrons. The van der Waals surface area contributed by atoms with Gasteiger partial charge in [-0.05, 0) is 44.0 Å².